The van der Waals surface area contributed by atoms with Crippen LogP contribution in [0.15, 0.2) is 48.5 Å². The number of carbonyl (C=O) groups is 2. The smallest absolute Gasteiger partial charge is 0.284 e. The molecule has 0 aliphatic heterocycles. The van der Waals surface area contributed by atoms with Crippen molar-refractivity contribution in [2.45, 2.75) is 32.4 Å². The van der Waals surface area contributed by atoms with Gasteiger partial charge in [-0.2, -0.15) is 0 Å². The topological polar surface area (TPSA) is 66.7 Å². The number of amides is 2. The molecule has 1 heterocycles. The van der Waals surface area contributed by atoms with Crippen LogP contribution in [-0.4, -0.2) is 43.0 Å². The summed E-state index contributed by atoms with van der Waals surface area (Å²) >= 11 is 1.53. The van der Waals surface area contributed by atoms with Crippen molar-refractivity contribution >= 4 is 38.5 Å². The number of fused-ring (bicyclic) bond motifs is 1. The minimum absolute atomic E-state index is 0.00743. The molecule has 156 valence electrons. The molecule has 1 saturated carbocycles. The van der Waals surface area contributed by atoms with E-state index in [1.807, 2.05) is 62.5 Å². The number of hydrogen-bond acceptors (Lipinski definition) is 4. The molecule has 1 unspecified atom stereocenters. The molecule has 0 radical (unpaired) electrons. The van der Waals surface area contributed by atoms with E-state index < -0.39 is 0 Å². The van der Waals surface area contributed by atoms with E-state index in [0.29, 0.717) is 24.3 Å². The summed E-state index contributed by atoms with van der Waals surface area (Å²) in [5, 5.41) is 3.69. The quantitative estimate of drug-likeness (QED) is 0.582. The highest BCUT2D eigenvalue weighted by molar-refractivity contribution is 7.22. The zero-order valence-corrected chi connectivity index (χ0v) is 18.2. The average Bonchev–Trinajstić information content (AvgIpc) is 3.41. The average molecular weight is 424 g/mol. The molecule has 1 aromatic heterocycles. The van der Waals surface area contributed by atoms with Gasteiger partial charge in [0, 0.05) is 6.04 Å². The summed E-state index contributed by atoms with van der Waals surface area (Å²) in [6.45, 7) is 3.02. The number of carbonyl (C=O) groups excluding carboxylic acids is 2. The maximum absolute atomic E-state index is 13.3. The monoisotopic (exact) mass is 423 g/mol. The number of aromatic nitrogens is 1. The van der Waals surface area contributed by atoms with Gasteiger partial charge in [-0.15, -0.1) is 0 Å². The second-order valence-electron chi connectivity index (χ2n) is 8.04. The van der Waals surface area contributed by atoms with Crippen LogP contribution < -0.4 is 15.1 Å². The van der Waals surface area contributed by atoms with Crippen LogP contribution in [0.1, 0.15) is 24.0 Å². The van der Waals surface area contributed by atoms with Gasteiger partial charge in [-0.1, -0.05) is 53.8 Å². The van der Waals surface area contributed by atoms with Gasteiger partial charge >= 0.3 is 0 Å². The van der Waals surface area contributed by atoms with Crippen molar-refractivity contribution in [3.8, 4) is 0 Å². The predicted octanol–water partition coefficient (Wildman–Crippen LogP) is 1.93. The summed E-state index contributed by atoms with van der Waals surface area (Å²) < 4.78 is 1.07. The van der Waals surface area contributed by atoms with Crippen LogP contribution in [0, 0.1) is 6.92 Å². The number of thiazole rings is 1. The second kappa shape index (κ2) is 8.93. The highest BCUT2D eigenvalue weighted by atomic mass is 32.1. The van der Waals surface area contributed by atoms with Crippen LogP contribution >= 0.6 is 11.3 Å². The fraction of sp³-hybridized carbons (Fsp3) is 0.348. The first-order chi connectivity index (χ1) is 14.5. The summed E-state index contributed by atoms with van der Waals surface area (Å²) in [7, 11) is 1.88. The number of quaternary nitrogens is 1. The molecule has 7 heteroatoms. The van der Waals surface area contributed by atoms with Crippen molar-refractivity contribution in [3.05, 3.63) is 59.7 Å². The predicted molar refractivity (Wildman–Crippen MR) is 120 cm³/mol. The van der Waals surface area contributed by atoms with Crippen LogP contribution in [0.3, 0.4) is 0 Å². The highest BCUT2D eigenvalue weighted by Gasteiger charge is 2.27. The molecular weight excluding hydrogens is 396 g/mol. The van der Waals surface area contributed by atoms with Crippen LogP contribution in [-0.2, 0) is 16.1 Å². The van der Waals surface area contributed by atoms with Gasteiger partial charge in [-0.25, -0.2) is 4.98 Å². The first-order valence-corrected chi connectivity index (χ1v) is 11.1. The Morgan fingerprint density at radius 2 is 1.90 bits per heavy atom. The summed E-state index contributed by atoms with van der Waals surface area (Å²) in [5.74, 6) is -0.0275. The summed E-state index contributed by atoms with van der Waals surface area (Å²) in [5.41, 5.74) is 3.08. The minimum atomic E-state index is -0.0349. The van der Waals surface area contributed by atoms with Crippen molar-refractivity contribution in [1.82, 2.24) is 10.3 Å². The van der Waals surface area contributed by atoms with Gasteiger partial charge in [0.2, 0.25) is 0 Å². The number of nitrogens with zero attached hydrogens (tertiary/aromatic N) is 2. The molecule has 2 aromatic carbocycles. The van der Waals surface area contributed by atoms with E-state index in [2.05, 4.69) is 5.32 Å². The second-order valence-corrected chi connectivity index (χ2v) is 9.05. The van der Waals surface area contributed by atoms with Gasteiger partial charge in [0.15, 0.2) is 18.2 Å². The molecule has 2 amide bonds. The van der Waals surface area contributed by atoms with Gasteiger partial charge in [-0.3, -0.25) is 14.5 Å². The molecule has 6 nitrogen and oxygen atoms in total. The maximum atomic E-state index is 13.3. The Balaban J connectivity index is 1.53. The van der Waals surface area contributed by atoms with Crippen LogP contribution in [0.25, 0.3) is 10.2 Å². The molecule has 30 heavy (non-hydrogen) atoms. The third-order valence-electron chi connectivity index (χ3n) is 5.18. The lowest BCUT2D eigenvalue weighted by atomic mass is 10.2. The number of hydrogen-bond donors (Lipinski definition) is 2. The highest BCUT2D eigenvalue weighted by Crippen LogP contribution is 2.31. The Morgan fingerprint density at radius 3 is 2.60 bits per heavy atom. The Labute approximate surface area is 180 Å². The van der Waals surface area contributed by atoms with Gasteiger partial charge < -0.3 is 10.2 Å². The maximum Gasteiger partial charge on any atom is 0.284 e. The molecule has 1 fully saturated rings. The lowest BCUT2D eigenvalue weighted by Gasteiger charge is -2.22. The molecule has 4 rings (SSSR count). The Bertz CT molecular complexity index is 1050. The van der Waals surface area contributed by atoms with Crippen molar-refractivity contribution in [2.24, 2.45) is 0 Å². The van der Waals surface area contributed by atoms with Crippen molar-refractivity contribution < 1.29 is 14.5 Å². The lowest BCUT2D eigenvalue weighted by molar-refractivity contribution is -0.862. The number of aryl methyl sites for hydroxylation is 1. The molecular formula is C23H27N4O2S+. The van der Waals surface area contributed by atoms with Crippen LogP contribution in [0.2, 0.25) is 0 Å². The first-order valence-electron chi connectivity index (χ1n) is 10.3. The number of para-hydroxylation sites is 1. The number of anilines is 1. The Kier molecular flexibility index (Phi) is 6.11. The fourth-order valence-corrected chi connectivity index (χ4v) is 4.48. The van der Waals surface area contributed by atoms with Crippen molar-refractivity contribution in [1.29, 1.82) is 0 Å². The molecule has 0 spiro atoms. The van der Waals surface area contributed by atoms with E-state index in [1.54, 1.807) is 4.90 Å². The fourth-order valence-electron chi connectivity index (χ4n) is 3.41. The van der Waals surface area contributed by atoms with E-state index >= 15 is 0 Å². The van der Waals surface area contributed by atoms with E-state index in [9.17, 15) is 9.59 Å². The molecule has 0 bridgehead atoms. The standard InChI is InChI=1S/C23H26N4O2S/c1-16-7-6-10-19-22(16)25-23(30-19)27(13-17-8-4-3-5-9-17)21(29)15-26(2)14-20(28)24-18-11-12-18/h3-10,18H,11-15H2,1-2H3,(H,24,28)/p+1. The third kappa shape index (κ3) is 5.04. The van der Waals surface area contributed by atoms with Crippen LogP contribution in [0.4, 0.5) is 5.13 Å². The minimum Gasteiger partial charge on any atom is -0.348 e. The summed E-state index contributed by atoms with van der Waals surface area (Å²) in [4.78, 5) is 32.8. The molecule has 1 aliphatic carbocycles. The number of benzene rings is 2. The largest absolute Gasteiger partial charge is 0.348 e. The third-order valence-corrected chi connectivity index (χ3v) is 6.23. The van der Waals surface area contributed by atoms with Crippen molar-refractivity contribution in [3.63, 3.8) is 0 Å². The van der Waals surface area contributed by atoms with E-state index in [1.165, 1.54) is 11.3 Å². The van der Waals surface area contributed by atoms with E-state index in [-0.39, 0.29) is 18.4 Å². The van der Waals surface area contributed by atoms with Crippen LogP contribution in [0.5, 0.6) is 0 Å². The number of rotatable bonds is 8. The zero-order valence-electron chi connectivity index (χ0n) is 17.4. The Hall–Kier alpha value is -2.77. The summed E-state index contributed by atoms with van der Waals surface area (Å²) in [6, 6.07) is 16.4. The molecule has 1 atom stereocenters. The number of nitrogens with one attached hydrogen (secondary N) is 2. The molecule has 1 aliphatic rings. The SMILES string of the molecule is Cc1cccc2sc(N(Cc3ccccc3)C(=O)C[NH+](C)CC(=O)NC3CC3)nc12. The number of likely N-dealkylation sites (N-methyl/N-ethyl adjacent to an activating group) is 1. The van der Waals surface area contributed by atoms with Gasteiger partial charge in [0.25, 0.3) is 11.8 Å². The van der Waals surface area contributed by atoms with Gasteiger partial charge in [0.05, 0.1) is 23.8 Å². The van der Waals surface area contributed by atoms with Crippen molar-refractivity contribution in [2.75, 3.05) is 25.0 Å². The zero-order chi connectivity index (χ0) is 21.1. The Morgan fingerprint density at radius 1 is 1.13 bits per heavy atom. The molecule has 3 aromatic rings. The molecule has 0 saturated heterocycles. The first kappa shape index (κ1) is 20.5. The van der Waals surface area contributed by atoms with Gasteiger partial charge in [0.1, 0.15) is 0 Å². The summed E-state index contributed by atoms with van der Waals surface area (Å²) in [6.07, 6.45) is 2.12. The van der Waals surface area contributed by atoms with E-state index in [4.69, 9.17) is 4.98 Å². The van der Waals surface area contributed by atoms with Gasteiger partial charge in [-0.05, 0) is 37.0 Å². The molecule has 2 N–H and O–H groups in total. The normalized spacial score (nSPS) is 14.5. The van der Waals surface area contributed by atoms with E-state index in [0.717, 1.165) is 39.1 Å². The lowest BCUT2D eigenvalue weighted by Crippen LogP contribution is -3.11.